The number of benzene rings is 1. The van der Waals surface area contributed by atoms with E-state index in [2.05, 4.69) is 11.4 Å². The van der Waals surface area contributed by atoms with Gasteiger partial charge in [0.2, 0.25) is 0 Å². The summed E-state index contributed by atoms with van der Waals surface area (Å²) in [6, 6.07) is 6.00. The molecule has 6 heteroatoms. The Kier molecular flexibility index (Phi) is 4.59. The smallest absolute Gasteiger partial charge is 0.161 e. The van der Waals surface area contributed by atoms with Crippen LogP contribution in [-0.4, -0.2) is 46.2 Å². The van der Waals surface area contributed by atoms with Gasteiger partial charge < -0.3 is 14.8 Å². The van der Waals surface area contributed by atoms with Gasteiger partial charge in [-0.15, -0.1) is 0 Å². The highest BCUT2D eigenvalue weighted by atomic mass is 32.2. The first-order valence-corrected chi connectivity index (χ1v) is 9.62. The molecule has 22 heavy (non-hydrogen) atoms. The summed E-state index contributed by atoms with van der Waals surface area (Å²) in [5.74, 6) is 2.24. The van der Waals surface area contributed by atoms with Crippen LogP contribution < -0.4 is 14.8 Å². The van der Waals surface area contributed by atoms with Gasteiger partial charge in [-0.1, -0.05) is 6.07 Å². The molecule has 2 aliphatic heterocycles. The van der Waals surface area contributed by atoms with Crippen molar-refractivity contribution in [2.24, 2.45) is 5.92 Å². The molecule has 0 amide bonds. The van der Waals surface area contributed by atoms with Crippen molar-refractivity contribution in [1.29, 1.82) is 0 Å². The molecule has 0 unspecified atom stereocenters. The molecular weight excluding hydrogens is 302 g/mol. The summed E-state index contributed by atoms with van der Waals surface area (Å²) < 4.78 is 33.7. The summed E-state index contributed by atoms with van der Waals surface area (Å²) in [6.07, 6.45) is 3.19. The van der Waals surface area contributed by atoms with Crippen LogP contribution in [0.4, 0.5) is 0 Å². The molecule has 1 N–H and O–H groups in total. The molecule has 0 bridgehead atoms. The highest BCUT2D eigenvalue weighted by molar-refractivity contribution is 7.92. The molecule has 1 aromatic carbocycles. The Bertz CT molecular complexity index is 611. The van der Waals surface area contributed by atoms with Crippen LogP contribution in [0.1, 0.15) is 18.4 Å². The number of methoxy groups -OCH3 is 1. The first kappa shape index (κ1) is 15.6. The third-order valence-electron chi connectivity index (χ3n) is 4.38. The Balaban J connectivity index is 1.68. The van der Waals surface area contributed by atoms with Crippen LogP contribution in [-0.2, 0) is 16.3 Å². The molecule has 5 nitrogen and oxygen atoms in total. The Hall–Kier alpha value is -1.27. The largest absolute Gasteiger partial charge is 0.493 e. The number of hydrogen-bond donors (Lipinski definition) is 1. The fraction of sp³-hybridized carbons (Fsp3) is 0.625. The Labute approximate surface area is 131 Å². The van der Waals surface area contributed by atoms with Gasteiger partial charge in [0.1, 0.15) is 6.10 Å². The average Bonchev–Trinajstić information content (AvgIpc) is 2.47. The molecule has 1 aromatic rings. The molecule has 0 aliphatic carbocycles. The van der Waals surface area contributed by atoms with Crippen molar-refractivity contribution in [3.8, 4) is 11.5 Å². The van der Waals surface area contributed by atoms with Crippen molar-refractivity contribution in [2.45, 2.75) is 25.4 Å². The normalized spacial score (nSPS) is 22.0. The Morgan fingerprint density at radius 3 is 2.55 bits per heavy atom. The third kappa shape index (κ3) is 3.73. The van der Waals surface area contributed by atoms with E-state index in [0.717, 1.165) is 19.5 Å². The summed E-state index contributed by atoms with van der Waals surface area (Å²) in [6.45, 7) is 2.17. The van der Waals surface area contributed by atoms with Crippen LogP contribution in [0, 0.1) is 5.92 Å². The van der Waals surface area contributed by atoms with Crippen molar-refractivity contribution in [2.75, 3.05) is 31.7 Å². The summed E-state index contributed by atoms with van der Waals surface area (Å²) in [4.78, 5) is 0. The van der Waals surface area contributed by atoms with Gasteiger partial charge in [0.25, 0.3) is 0 Å². The summed E-state index contributed by atoms with van der Waals surface area (Å²) >= 11 is 0. The highest BCUT2D eigenvalue weighted by Crippen LogP contribution is 2.32. The molecule has 2 saturated heterocycles. The Morgan fingerprint density at radius 2 is 1.91 bits per heavy atom. The maximum absolute atomic E-state index is 11.3. The molecule has 0 atom stereocenters. The molecule has 2 fully saturated rings. The molecule has 3 rings (SSSR count). The van der Waals surface area contributed by atoms with Crippen LogP contribution in [0.5, 0.6) is 11.5 Å². The topological polar surface area (TPSA) is 64.6 Å². The van der Waals surface area contributed by atoms with Gasteiger partial charge >= 0.3 is 0 Å². The lowest BCUT2D eigenvalue weighted by molar-refractivity contribution is 0.219. The summed E-state index contributed by atoms with van der Waals surface area (Å²) in [5.41, 5.74) is 1.23. The van der Waals surface area contributed by atoms with E-state index >= 15 is 0 Å². The average molecular weight is 325 g/mol. The third-order valence-corrected chi connectivity index (χ3v) is 6.14. The van der Waals surface area contributed by atoms with Crippen LogP contribution in [0.2, 0.25) is 0 Å². The second kappa shape index (κ2) is 6.46. The summed E-state index contributed by atoms with van der Waals surface area (Å²) in [5, 5.41) is 3.38. The maximum atomic E-state index is 11.3. The zero-order chi connectivity index (χ0) is 15.6. The van der Waals surface area contributed by atoms with Gasteiger partial charge in [0, 0.05) is 0 Å². The van der Waals surface area contributed by atoms with Crippen LogP contribution in [0.15, 0.2) is 18.2 Å². The van der Waals surface area contributed by atoms with Crippen molar-refractivity contribution >= 4 is 9.84 Å². The van der Waals surface area contributed by atoms with Gasteiger partial charge in [-0.25, -0.2) is 8.42 Å². The maximum Gasteiger partial charge on any atom is 0.161 e. The zero-order valence-electron chi connectivity index (χ0n) is 12.9. The minimum atomic E-state index is -2.88. The van der Waals surface area contributed by atoms with E-state index in [4.69, 9.17) is 9.47 Å². The number of piperidine rings is 1. The quantitative estimate of drug-likeness (QED) is 0.887. The fourth-order valence-corrected chi connectivity index (χ4v) is 4.30. The first-order chi connectivity index (χ1) is 10.6. The van der Waals surface area contributed by atoms with E-state index in [9.17, 15) is 8.42 Å². The lowest BCUT2D eigenvalue weighted by Crippen LogP contribution is -2.45. The molecular formula is C16H23NO4S. The van der Waals surface area contributed by atoms with Crippen LogP contribution in [0.25, 0.3) is 0 Å². The van der Waals surface area contributed by atoms with E-state index in [-0.39, 0.29) is 17.6 Å². The van der Waals surface area contributed by atoms with E-state index in [0.29, 0.717) is 17.4 Å². The second-order valence-electron chi connectivity index (χ2n) is 6.20. The predicted molar refractivity (Wildman–Crippen MR) is 85.4 cm³/mol. The lowest BCUT2D eigenvalue weighted by Gasteiger charge is -2.28. The Morgan fingerprint density at radius 1 is 1.18 bits per heavy atom. The van der Waals surface area contributed by atoms with Gasteiger partial charge in [0.15, 0.2) is 21.3 Å². The van der Waals surface area contributed by atoms with Gasteiger partial charge in [-0.2, -0.15) is 0 Å². The molecule has 0 radical (unpaired) electrons. The molecule has 122 valence electrons. The highest BCUT2D eigenvalue weighted by Gasteiger charge is 2.35. The minimum Gasteiger partial charge on any atom is -0.493 e. The van der Waals surface area contributed by atoms with Crippen molar-refractivity contribution in [3.63, 3.8) is 0 Å². The number of sulfone groups is 1. The van der Waals surface area contributed by atoms with E-state index in [1.165, 1.54) is 18.4 Å². The van der Waals surface area contributed by atoms with Crippen LogP contribution >= 0.6 is 0 Å². The SMILES string of the molecule is COc1ccc(CC2CCNCC2)cc1OC1CS(=O)(=O)C1. The van der Waals surface area contributed by atoms with Crippen molar-refractivity contribution < 1.29 is 17.9 Å². The molecule has 2 heterocycles. The van der Waals surface area contributed by atoms with Gasteiger partial charge in [-0.3, -0.25) is 0 Å². The molecule has 0 aromatic heterocycles. The molecule has 0 saturated carbocycles. The predicted octanol–water partition coefficient (Wildman–Crippen LogP) is 1.41. The molecule has 0 spiro atoms. The number of rotatable bonds is 5. The van der Waals surface area contributed by atoms with Crippen molar-refractivity contribution in [3.05, 3.63) is 23.8 Å². The fourth-order valence-electron chi connectivity index (χ4n) is 3.12. The van der Waals surface area contributed by atoms with Crippen LogP contribution in [0.3, 0.4) is 0 Å². The lowest BCUT2D eigenvalue weighted by atomic mass is 9.91. The van der Waals surface area contributed by atoms with Gasteiger partial charge in [0.05, 0.1) is 18.6 Å². The van der Waals surface area contributed by atoms with E-state index < -0.39 is 9.84 Å². The minimum absolute atomic E-state index is 0.106. The van der Waals surface area contributed by atoms with E-state index in [1.54, 1.807) is 7.11 Å². The summed E-state index contributed by atoms with van der Waals surface area (Å²) in [7, 11) is -1.27. The first-order valence-electron chi connectivity index (χ1n) is 7.80. The monoisotopic (exact) mass is 325 g/mol. The number of ether oxygens (including phenoxy) is 2. The molecule has 2 aliphatic rings. The van der Waals surface area contributed by atoms with Gasteiger partial charge in [-0.05, 0) is 56.0 Å². The number of hydrogen-bond acceptors (Lipinski definition) is 5. The zero-order valence-corrected chi connectivity index (χ0v) is 13.7. The standard InChI is InChI=1S/C16H23NO4S/c1-20-15-3-2-13(8-12-4-6-17-7-5-12)9-16(15)21-14-10-22(18,19)11-14/h2-3,9,12,14,17H,4-8,10-11H2,1H3. The second-order valence-corrected chi connectivity index (χ2v) is 8.35. The number of nitrogens with one attached hydrogen (secondary N) is 1. The van der Waals surface area contributed by atoms with Crippen molar-refractivity contribution in [1.82, 2.24) is 5.32 Å². The van der Waals surface area contributed by atoms with E-state index in [1.807, 2.05) is 12.1 Å².